The van der Waals surface area contributed by atoms with Gasteiger partial charge in [0, 0.05) is 16.3 Å². The first-order chi connectivity index (χ1) is 25.4. The number of furan rings is 1. The van der Waals surface area contributed by atoms with Gasteiger partial charge in [0.05, 0.1) is 6.85 Å². The average molecular weight is 602 g/mol. The molecule has 1 heterocycles. The number of rotatable bonds is 4. The Hall–Kier alpha value is -6.18. The summed E-state index contributed by atoms with van der Waals surface area (Å²) in [5.74, 6) is 0. The van der Waals surface area contributed by atoms with Gasteiger partial charge in [0.1, 0.15) is 11.2 Å². The van der Waals surface area contributed by atoms with Crippen molar-refractivity contribution in [1.82, 2.24) is 0 Å². The Balaban J connectivity index is 1.24. The minimum atomic E-state index is -0.420. The van der Waals surface area contributed by atoms with Gasteiger partial charge in [0.2, 0.25) is 0 Å². The molecule has 0 radical (unpaired) electrons. The molecule has 0 amide bonds. The molecular weight excluding hydrogens is 569 g/mol. The smallest absolute Gasteiger partial charge is 0.143 e. The van der Waals surface area contributed by atoms with Crippen molar-refractivity contribution >= 4 is 54.3 Å². The van der Waals surface area contributed by atoms with Gasteiger partial charge < -0.3 is 4.42 Å². The van der Waals surface area contributed by atoms with Crippen molar-refractivity contribution in [2.75, 3.05) is 0 Å². The fourth-order valence-electron chi connectivity index (χ4n) is 7.42. The van der Waals surface area contributed by atoms with Gasteiger partial charge in [0.25, 0.3) is 0 Å². The van der Waals surface area contributed by atoms with Crippen LogP contribution in [0.3, 0.4) is 0 Å². The molecule has 0 fully saturated rings. The fourth-order valence-corrected chi connectivity index (χ4v) is 7.42. The highest BCUT2D eigenvalue weighted by atomic mass is 16.3. The second kappa shape index (κ2) is 10.2. The quantitative estimate of drug-likeness (QED) is 0.183. The summed E-state index contributed by atoms with van der Waals surface area (Å²) in [6, 6.07) is 46.8. The summed E-state index contributed by atoms with van der Waals surface area (Å²) < 4.78 is 48.9. The lowest BCUT2D eigenvalue weighted by Gasteiger charge is -2.17. The van der Waals surface area contributed by atoms with Crippen LogP contribution in [0.25, 0.3) is 98.8 Å². The molecule has 0 aliphatic carbocycles. The maximum atomic E-state index is 8.75. The minimum absolute atomic E-state index is 0.126. The molecular formula is C46H28O. The molecule has 10 rings (SSSR count). The molecule has 0 unspecified atom stereocenters. The second-order valence-electron chi connectivity index (χ2n) is 12.1. The van der Waals surface area contributed by atoms with Crippen LogP contribution in [0.2, 0.25) is 0 Å². The third kappa shape index (κ3) is 3.97. The number of fused-ring (bicyclic) bond motifs is 3. The fraction of sp³-hybridized carbons (Fsp3) is 0. The molecule has 0 spiro atoms. The summed E-state index contributed by atoms with van der Waals surface area (Å²) >= 11 is 0. The van der Waals surface area contributed by atoms with Crippen molar-refractivity contribution in [1.29, 1.82) is 0 Å². The SMILES string of the molecule is [2H]c1c([2H])c([2H])c(-c2ccc(-c3ccc4ccc5c(-c6cccc(-c7ccccc7)c6)ccc6ccc3c4c65)c3c2oc2ccccc23)c([2H])c1[2H]. The normalized spacial score (nSPS) is 13.3. The van der Waals surface area contributed by atoms with Crippen LogP contribution >= 0.6 is 0 Å². The Labute approximate surface area is 279 Å². The van der Waals surface area contributed by atoms with Crippen LogP contribution in [0.15, 0.2) is 174 Å². The molecule has 9 aromatic carbocycles. The zero-order valence-electron chi connectivity index (χ0n) is 30.2. The summed E-state index contributed by atoms with van der Waals surface area (Å²) in [5.41, 5.74) is 8.42. The van der Waals surface area contributed by atoms with E-state index in [9.17, 15) is 0 Å². The Morgan fingerprint density at radius 2 is 1.00 bits per heavy atom. The molecule has 1 nitrogen and oxygen atoms in total. The van der Waals surface area contributed by atoms with Crippen LogP contribution in [-0.2, 0) is 0 Å². The molecule has 1 aromatic heterocycles. The molecule has 0 saturated heterocycles. The summed E-state index contributed by atoms with van der Waals surface area (Å²) in [4.78, 5) is 0. The van der Waals surface area contributed by atoms with Crippen LogP contribution < -0.4 is 0 Å². The van der Waals surface area contributed by atoms with E-state index in [1.54, 1.807) is 0 Å². The van der Waals surface area contributed by atoms with E-state index >= 15 is 0 Å². The topological polar surface area (TPSA) is 13.1 Å². The Morgan fingerprint density at radius 1 is 0.383 bits per heavy atom. The summed E-state index contributed by atoms with van der Waals surface area (Å²) in [6.45, 7) is 0. The summed E-state index contributed by atoms with van der Waals surface area (Å²) in [5, 5.41) is 8.75. The van der Waals surface area contributed by atoms with Crippen molar-refractivity contribution in [2.24, 2.45) is 0 Å². The molecule has 218 valence electrons. The van der Waals surface area contributed by atoms with Gasteiger partial charge in [-0.1, -0.05) is 152 Å². The second-order valence-corrected chi connectivity index (χ2v) is 12.1. The van der Waals surface area contributed by atoms with Crippen molar-refractivity contribution in [3.8, 4) is 44.5 Å². The zero-order chi connectivity index (χ0) is 35.2. The van der Waals surface area contributed by atoms with Crippen molar-refractivity contribution < 1.29 is 11.3 Å². The third-order valence-electron chi connectivity index (χ3n) is 9.53. The van der Waals surface area contributed by atoms with E-state index in [-0.39, 0.29) is 29.7 Å². The molecule has 0 N–H and O–H groups in total. The van der Waals surface area contributed by atoms with E-state index in [4.69, 9.17) is 11.3 Å². The van der Waals surface area contributed by atoms with Gasteiger partial charge in [-0.15, -0.1) is 0 Å². The standard InChI is InChI=1S/C46H28O/c1-3-10-29(11-4-1)33-14-9-15-34(28-33)35-22-18-31-21-25-39-37(23-19-32-20-24-38(35)43(31)44(32)39)40-27-26-36(30-12-5-2-6-13-30)46-45(40)41-16-7-8-17-42(41)47-46/h1-28H/i2D,5D,6D,12D,13D. The van der Waals surface area contributed by atoms with Gasteiger partial charge in [-0.25, -0.2) is 0 Å². The van der Waals surface area contributed by atoms with E-state index in [1.165, 1.54) is 38.2 Å². The molecule has 0 saturated carbocycles. The minimum Gasteiger partial charge on any atom is -0.455 e. The molecule has 1 heteroatoms. The molecule has 0 bridgehead atoms. The lowest BCUT2D eigenvalue weighted by molar-refractivity contribution is 0.670. The maximum absolute atomic E-state index is 8.75. The monoisotopic (exact) mass is 601 g/mol. The van der Waals surface area contributed by atoms with Crippen molar-refractivity contribution in [3.05, 3.63) is 170 Å². The first kappa shape index (κ1) is 21.5. The lowest BCUT2D eigenvalue weighted by atomic mass is 9.86. The van der Waals surface area contributed by atoms with Crippen molar-refractivity contribution in [3.63, 3.8) is 0 Å². The van der Waals surface area contributed by atoms with Gasteiger partial charge in [-0.2, -0.15) is 0 Å². The molecule has 0 aliphatic rings. The zero-order valence-corrected chi connectivity index (χ0v) is 25.2. The summed E-state index contributed by atoms with van der Waals surface area (Å²) in [6.07, 6.45) is 0. The largest absolute Gasteiger partial charge is 0.455 e. The molecule has 10 aromatic rings. The van der Waals surface area contributed by atoms with Gasteiger partial charge >= 0.3 is 0 Å². The maximum Gasteiger partial charge on any atom is 0.143 e. The van der Waals surface area contributed by atoms with E-state index in [2.05, 4.69) is 97.1 Å². The first-order valence-electron chi connectivity index (χ1n) is 18.3. The molecule has 47 heavy (non-hydrogen) atoms. The van der Waals surface area contributed by atoms with Crippen LogP contribution in [-0.4, -0.2) is 0 Å². The lowest BCUT2D eigenvalue weighted by Crippen LogP contribution is -1.90. The van der Waals surface area contributed by atoms with Gasteiger partial charge in [0.15, 0.2) is 0 Å². The molecule has 0 atom stereocenters. The third-order valence-corrected chi connectivity index (χ3v) is 9.53. The first-order valence-corrected chi connectivity index (χ1v) is 15.8. The van der Waals surface area contributed by atoms with E-state index in [0.29, 0.717) is 16.7 Å². The predicted molar refractivity (Wildman–Crippen MR) is 199 cm³/mol. The summed E-state index contributed by atoms with van der Waals surface area (Å²) in [7, 11) is 0. The van der Waals surface area contributed by atoms with Crippen molar-refractivity contribution in [2.45, 2.75) is 0 Å². The highest BCUT2D eigenvalue weighted by molar-refractivity contribution is 6.29. The number of hydrogen-bond acceptors (Lipinski definition) is 1. The highest BCUT2D eigenvalue weighted by Crippen LogP contribution is 2.46. The van der Waals surface area contributed by atoms with E-state index in [0.717, 1.165) is 38.2 Å². The Morgan fingerprint density at radius 3 is 1.81 bits per heavy atom. The number of para-hydroxylation sites is 1. The van der Waals surface area contributed by atoms with Crippen LogP contribution in [0, 0.1) is 0 Å². The van der Waals surface area contributed by atoms with Crippen LogP contribution in [0.5, 0.6) is 0 Å². The highest BCUT2D eigenvalue weighted by Gasteiger charge is 2.20. The van der Waals surface area contributed by atoms with E-state index < -0.39 is 6.04 Å². The van der Waals surface area contributed by atoms with Crippen LogP contribution in [0.4, 0.5) is 0 Å². The number of benzene rings is 9. The molecule has 0 aliphatic heterocycles. The van der Waals surface area contributed by atoms with Gasteiger partial charge in [-0.3, -0.25) is 0 Å². The predicted octanol–water partition coefficient (Wildman–Crippen LogP) is 13.2. The van der Waals surface area contributed by atoms with Gasteiger partial charge in [-0.05, 0) is 89.5 Å². The Kier molecular flexibility index (Phi) is 4.66. The number of hydrogen-bond donors (Lipinski definition) is 0. The van der Waals surface area contributed by atoms with Crippen LogP contribution in [0.1, 0.15) is 6.85 Å². The Bertz CT molecular complexity index is 3040. The van der Waals surface area contributed by atoms with E-state index in [1.807, 2.05) is 42.5 Å². The average Bonchev–Trinajstić information content (AvgIpc) is 3.59.